The lowest BCUT2D eigenvalue weighted by Crippen LogP contribution is -2.02. The van der Waals surface area contributed by atoms with E-state index >= 15 is 0 Å². The molecule has 19 heavy (non-hydrogen) atoms. The van der Waals surface area contributed by atoms with E-state index in [0.717, 1.165) is 0 Å². The molecule has 6 heteroatoms. The minimum absolute atomic E-state index is 0.00816. The fourth-order valence-electron chi connectivity index (χ4n) is 1.55. The molecule has 96 valence electrons. The number of para-hydroxylation sites is 1. The third-order valence-electron chi connectivity index (χ3n) is 2.43. The predicted octanol–water partition coefficient (Wildman–Crippen LogP) is 1.31. The third kappa shape index (κ3) is 3.40. The minimum atomic E-state index is 0.00816. The van der Waals surface area contributed by atoms with Crippen LogP contribution in [0, 0.1) is 11.3 Å². The van der Waals surface area contributed by atoms with E-state index in [1.54, 1.807) is 6.07 Å². The topological polar surface area (TPSA) is 90.5 Å². The second kappa shape index (κ2) is 6.33. The number of benzene rings is 1. The number of H-pyrrole nitrogens is 1. The molecule has 0 fully saturated rings. The highest BCUT2D eigenvalue weighted by atomic mass is 16.3. The summed E-state index contributed by atoms with van der Waals surface area (Å²) in [6, 6.07) is 12.1. The molecular weight excluding hydrogens is 242 g/mol. The van der Waals surface area contributed by atoms with Gasteiger partial charge in [-0.15, -0.1) is 5.10 Å². The van der Waals surface area contributed by atoms with Gasteiger partial charge in [-0.2, -0.15) is 5.26 Å². The fourth-order valence-corrected chi connectivity index (χ4v) is 1.55. The van der Waals surface area contributed by atoms with Gasteiger partial charge in [0, 0.05) is 11.7 Å². The van der Waals surface area contributed by atoms with Gasteiger partial charge in [0.05, 0.1) is 13.2 Å². The van der Waals surface area contributed by atoms with Crippen molar-refractivity contribution < 1.29 is 5.11 Å². The summed E-state index contributed by atoms with van der Waals surface area (Å²) in [5.41, 5.74) is 1.21. The summed E-state index contributed by atoms with van der Waals surface area (Å²) in [7, 11) is 0. The van der Waals surface area contributed by atoms with E-state index in [4.69, 9.17) is 10.4 Å². The molecule has 0 saturated carbocycles. The Balaban J connectivity index is 0.000000141. The maximum atomic E-state index is 8.43. The van der Waals surface area contributed by atoms with E-state index in [9.17, 15) is 0 Å². The molecule has 0 atom stereocenters. The van der Waals surface area contributed by atoms with E-state index < -0.39 is 0 Å². The first-order chi connectivity index (χ1) is 9.33. The van der Waals surface area contributed by atoms with Gasteiger partial charge in [-0.25, -0.2) is 9.67 Å². The normalized spacial score (nSPS) is 9.68. The van der Waals surface area contributed by atoms with Crippen LogP contribution in [-0.4, -0.2) is 31.5 Å². The van der Waals surface area contributed by atoms with Crippen molar-refractivity contribution in [1.29, 1.82) is 5.26 Å². The summed E-state index contributed by atoms with van der Waals surface area (Å²) in [6.45, 7) is 0.392. The highest BCUT2D eigenvalue weighted by molar-refractivity contribution is 5.78. The molecule has 0 saturated heterocycles. The van der Waals surface area contributed by atoms with Crippen molar-refractivity contribution in [2.45, 2.75) is 6.54 Å². The lowest BCUT2D eigenvalue weighted by Gasteiger charge is -1.91. The number of rotatable bonds is 2. The van der Waals surface area contributed by atoms with Gasteiger partial charge in [-0.05, 0) is 17.5 Å². The van der Waals surface area contributed by atoms with E-state index in [1.807, 2.05) is 18.3 Å². The molecule has 2 heterocycles. The van der Waals surface area contributed by atoms with Crippen LogP contribution < -0.4 is 0 Å². The molecule has 0 radical (unpaired) electrons. The van der Waals surface area contributed by atoms with Gasteiger partial charge in [0.25, 0.3) is 5.82 Å². The highest BCUT2D eigenvalue weighted by Gasteiger charge is 1.95. The van der Waals surface area contributed by atoms with Crippen LogP contribution >= 0.6 is 0 Å². The number of nitrogens with zero attached hydrogens (tertiary/aromatic N) is 4. The van der Waals surface area contributed by atoms with Crippen molar-refractivity contribution in [3.8, 4) is 6.07 Å². The monoisotopic (exact) mass is 255 g/mol. The average molecular weight is 255 g/mol. The van der Waals surface area contributed by atoms with E-state index in [0.29, 0.717) is 6.54 Å². The Hall–Kier alpha value is -2.65. The number of nitriles is 1. The lowest BCUT2D eigenvalue weighted by molar-refractivity contribution is 0.269. The van der Waals surface area contributed by atoms with Gasteiger partial charge in [0.1, 0.15) is 12.4 Å². The number of nitrogens with one attached hydrogen (secondary N) is 1. The zero-order chi connectivity index (χ0) is 13.5. The molecule has 0 amide bonds. The Morgan fingerprint density at radius 3 is 2.84 bits per heavy atom. The molecule has 0 spiro atoms. The number of aliphatic hydroxyl groups is 1. The minimum Gasteiger partial charge on any atom is -0.394 e. The number of hydrogen-bond donors (Lipinski definition) is 2. The second-order valence-electron chi connectivity index (χ2n) is 3.73. The van der Waals surface area contributed by atoms with Gasteiger partial charge >= 0.3 is 0 Å². The van der Waals surface area contributed by atoms with E-state index in [-0.39, 0.29) is 12.4 Å². The van der Waals surface area contributed by atoms with Crippen molar-refractivity contribution in [3.05, 3.63) is 48.7 Å². The van der Waals surface area contributed by atoms with Crippen LogP contribution in [0.25, 0.3) is 10.9 Å². The van der Waals surface area contributed by atoms with Crippen molar-refractivity contribution in [2.24, 2.45) is 0 Å². The Morgan fingerprint density at radius 2 is 2.16 bits per heavy atom. The van der Waals surface area contributed by atoms with Crippen LogP contribution in [0.15, 0.2) is 42.9 Å². The number of aromatic amines is 1. The van der Waals surface area contributed by atoms with Crippen molar-refractivity contribution >= 4 is 10.9 Å². The molecule has 1 aromatic carbocycles. The molecule has 0 unspecified atom stereocenters. The third-order valence-corrected chi connectivity index (χ3v) is 2.43. The smallest absolute Gasteiger partial charge is 0.252 e. The molecular formula is C13H13N5O. The Bertz CT molecular complexity index is 649. The van der Waals surface area contributed by atoms with Crippen LogP contribution in [-0.2, 0) is 6.54 Å². The van der Waals surface area contributed by atoms with Gasteiger partial charge in [-0.3, -0.25) is 0 Å². The first kappa shape index (κ1) is 12.8. The zero-order valence-corrected chi connectivity index (χ0v) is 10.2. The van der Waals surface area contributed by atoms with Crippen LogP contribution in [0.2, 0.25) is 0 Å². The Morgan fingerprint density at radius 1 is 1.32 bits per heavy atom. The molecule has 3 aromatic rings. The molecule has 0 bridgehead atoms. The highest BCUT2D eigenvalue weighted by Crippen LogP contribution is 2.09. The first-order valence-electron chi connectivity index (χ1n) is 5.76. The van der Waals surface area contributed by atoms with Gasteiger partial charge < -0.3 is 10.1 Å². The summed E-state index contributed by atoms with van der Waals surface area (Å²) in [4.78, 5) is 6.75. The first-order valence-corrected chi connectivity index (χ1v) is 5.76. The molecule has 2 N–H and O–H groups in total. The standard InChI is InChI=1S/C8H7N.C5H6N4O/c1-2-4-8-7(3-1)5-6-9-8;6-3-5-7-4-9(8-5)1-2-10/h1-6,9H;4,10H,1-2H2. The maximum Gasteiger partial charge on any atom is 0.252 e. The van der Waals surface area contributed by atoms with Crippen molar-refractivity contribution in [1.82, 2.24) is 19.7 Å². The van der Waals surface area contributed by atoms with Gasteiger partial charge in [0.15, 0.2) is 0 Å². The quantitative estimate of drug-likeness (QED) is 0.722. The van der Waals surface area contributed by atoms with Crippen LogP contribution in [0.5, 0.6) is 0 Å². The summed E-state index contributed by atoms with van der Waals surface area (Å²) in [5, 5.41) is 21.7. The summed E-state index contributed by atoms with van der Waals surface area (Å²) < 4.78 is 1.42. The van der Waals surface area contributed by atoms with Crippen LogP contribution in [0.4, 0.5) is 0 Å². The molecule has 3 rings (SSSR count). The molecule has 0 aliphatic rings. The van der Waals surface area contributed by atoms with Crippen molar-refractivity contribution in [2.75, 3.05) is 6.61 Å². The van der Waals surface area contributed by atoms with Crippen LogP contribution in [0.1, 0.15) is 5.82 Å². The summed E-state index contributed by atoms with van der Waals surface area (Å²) in [5.74, 6) is 0.133. The molecule has 0 aliphatic carbocycles. The molecule has 2 aromatic heterocycles. The maximum absolute atomic E-state index is 8.43. The van der Waals surface area contributed by atoms with E-state index in [1.165, 1.54) is 21.9 Å². The van der Waals surface area contributed by atoms with Gasteiger partial charge in [0.2, 0.25) is 0 Å². The molecule has 6 nitrogen and oxygen atoms in total. The predicted molar refractivity (Wildman–Crippen MR) is 70.1 cm³/mol. The Labute approximate surface area is 109 Å². The zero-order valence-electron chi connectivity index (χ0n) is 10.2. The second-order valence-corrected chi connectivity index (χ2v) is 3.73. The number of aromatic nitrogens is 4. The number of hydrogen-bond acceptors (Lipinski definition) is 4. The van der Waals surface area contributed by atoms with Crippen molar-refractivity contribution in [3.63, 3.8) is 0 Å². The summed E-state index contributed by atoms with van der Waals surface area (Å²) >= 11 is 0. The fraction of sp³-hybridized carbons (Fsp3) is 0.154. The molecule has 0 aliphatic heterocycles. The lowest BCUT2D eigenvalue weighted by atomic mass is 10.3. The Kier molecular flexibility index (Phi) is 4.26. The average Bonchev–Trinajstić information content (AvgIpc) is 3.08. The number of fused-ring (bicyclic) bond motifs is 1. The van der Waals surface area contributed by atoms with E-state index in [2.05, 4.69) is 33.3 Å². The van der Waals surface area contributed by atoms with Crippen LogP contribution in [0.3, 0.4) is 0 Å². The number of aliphatic hydroxyl groups excluding tert-OH is 1. The van der Waals surface area contributed by atoms with Gasteiger partial charge in [-0.1, -0.05) is 18.2 Å². The largest absolute Gasteiger partial charge is 0.394 e. The SMILES string of the molecule is N#Cc1ncn(CCO)n1.c1ccc2[nH]ccc2c1. The summed E-state index contributed by atoms with van der Waals surface area (Å²) in [6.07, 6.45) is 3.36.